The van der Waals surface area contributed by atoms with Crippen LogP contribution in [0.25, 0.3) is 6.08 Å². The van der Waals surface area contributed by atoms with Gasteiger partial charge in [0.05, 0.1) is 34.4 Å². The van der Waals surface area contributed by atoms with Crippen LogP contribution in [0.15, 0.2) is 102 Å². The second kappa shape index (κ2) is 15.1. The van der Waals surface area contributed by atoms with Gasteiger partial charge in [0, 0.05) is 31.9 Å². The second-order valence-corrected chi connectivity index (χ2v) is 10.2. The Balaban J connectivity index is 1.49. The molecule has 0 fully saturated rings. The van der Waals surface area contributed by atoms with E-state index in [9.17, 15) is 24.5 Å². The van der Waals surface area contributed by atoms with Gasteiger partial charge in [0.25, 0.3) is 17.5 Å². The van der Waals surface area contributed by atoms with Gasteiger partial charge in [-0.1, -0.05) is 35.9 Å². The zero-order valence-electron chi connectivity index (χ0n) is 24.9. The van der Waals surface area contributed by atoms with Crippen LogP contribution in [0.4, 0.5) is 11.4 Å². The van der Waals surface area contributed by atoms with Crippen LogP contribution >= 0.6 is 11.6 Å². The number of non-ortho nitro benzene ring substituents is 1. The van der Waals surface area contributed by atoms with E-state index in [0.717, 1.165) is 5.69 Å². The maximum Gasteiger partial charge on any atom is 0.343 e. The number of hydrogen-bond acceptors (Lipinski definition) is 9. The van der Waals surface area contributed by atoms with Crippen LogP contribution in [0, 0.1) is 10.1 Å². The number of halogens is 1. The Labute approximate surface area is 269 Å². The van der Waals surface area contributed by atoms with Crippen molar-refractivity contribution >= 4 is 53.0 Å². The summed E-state index contributed by atoms with van der Waals surface area (Å²) in [6.45, 7) is 0. The number of nitro groups is 1. The minimum Gasteiger partial charge on any atom is -0.493 e. The fraction of sp³-hybridized carbons (Fsp3) is 0.0909. The molecule has 2 N–H and O–H groups in total. The fourth-order valence-corrected chi connectivity index (χ4v) is 4.20. The smallest absolute Gasteiger partial charge is 0.343 e. The van der Waals surface area contributed by atoms with Crippen molar-refractivity contribution in [3.8, 4) is 11.5 Å². The lowest BCUT2D eigenvalue weighted by Crippen LogP contribution is -2.33. The largest absolute Gasteiger partial charge is 0.493 e. The lowest BCUT2D eigenvalue weighted by molar-refractivity contribution is -0.384. The molecule has 0 radical (unpaired) electrons. The van der Waals surface area contributed by atoms with Crippen LogP contribution in [0.1, 0.15) is 31.8 Å². The summed E-state index contributed by atoms with van der Waals surface area (Å²) < 4.78 is 10.7. The first-order chi connectivity index (χ1) is 22.0. The number of carbonyl (C=O) groups is 3. The molecule has 0 saturated heterocycles. The quantitative estimate of drug-likeness (QED) is 0.0547. The number of nitrogens with zero attached hydrogens (tertiary/aromatic N) is 3. The van der Waals surface area contributed by atoms with Gasteiger partial charge in [0.1, 0.15) is 5.70 Å². The van der Waals surface area contributed by atoms with Crippen molar-refractivity contribution in [3.05, 3.63) is 134 Å². The number of benzene rings is 4. The van der Waals surface area contributed by atoms with E-state index in [1.54, 1.807) is 36.4 Å². The molecule has 0 atom stereocenters. The number of amides is 2. The number of carbonyl (C=O) groups excluding carboxylic acids is 3. The molecular weight excluding hydrogens is 614 g/mol. The first-order valence-electron chi connectivity index (χ1n) is 13.6. The molecule has 4 rings (SSSR count). The van der Waals surface area contributed by atoms with Gasteiger partial charge in [0.15, 0.2) is 11.5 Å². The van der Waals surface area contributed by atoms with Gasteiger partial charge in [-0.15, -0.1) is 0 Å². The number of esters is 1. The molecule has 234 valence electrons. The number of nitrogens with one attached hydrogen (secondary N) is 2. The van der Waals surface area contributed by atoms with E-state index in [0.29, 0.717) is 11.1 Å². The Morgan fingerprint density at radius 2 is 1.59 bits per heavy atom. The van der Waals surface area contributed by atoms with Crippen molar-refractivity contribution < 1.29 is 28.8 Å². The predicted octanol–water partition coefficient (Wildman–Crippen LogP) is 5.46. The van der Waals surface area contributed by atoms with Crippen molar-refractivity contribution in [3.63, 3.8) is 0 Å². The lowest BCUT2D eigenvalue weighted by Gasteiger charge is -2.13. The molecule has 12 nitrogen and oxygen atoms in total. The van der Waals surface area contributed by atoms with Crippen molar-refractivity contribution in [2.45, 2.75) is 0 Å². The zero-order valence-corrected chi connectivity index (χ0v) is 25.6. The first kappa shape index (κ1) is 32.9. The molecule has 0 aromatic heterocycles. The van der Waals surface area contributed by atoms with Crippen LogP contribution in [-0.4, -0.2) is 50.1 Å². The van der Waals surface area contributed by atoms with Crippen molar-refractivity contribution in [2.75, 3.05) is 26.1 Å². The number of anilines is 1. The van der Waals surface area contributed by atoms with Crippen LogP contribution in [0.2, 0.25) is 5.02 Å². The van der Waals surface area contributed by atoms with Gasteiger partial charge in [-0.05, 0) is 71.8 Å². The highest BCUT2D eigenvalue weighted by atomic mass is 35.5. The Hall–Kier alpha value is -6.01. The van der Waals surface area contributed by atoms with E-state index in [1.165, 1.54) is 61.9 Å². The third-order valence-electron chi connectivity index (χ3n) is 6.42. The van der Waals surface area contributed by atoms with Crippen molar-refractivity contribution in [1.29, 1.82) is 0 Å². The molecule has 0 bridgehead atoms. The van der Waals surface area contributed by atoms with Gasteiger partial charge in [-0.25, -0.2) is 10.2 Å². The van der Waals surface area contributed by atoms with Gasteiger partial charge in [-0.3, -0.25) is 19.7 Å². The van der Waals surface area contributed by atoms with Crippen molar-refractivity contribution in [2.24, 2.45) is 5.10 Å². The monoisotopic (exact) mass is 641 g/mol. The molecule has 13 heteroatoms. The maximum absolute atomic E-state index is 13.2. The van der Waals surface area contributed by atoms with Gasteiger partial charge < -0.3 is 19.7 Å². The van der Waals surface area contributed by atoms with Crippen LogP contribution in [0.5, 0.6) is 11.5 Å². The maximum atomic E-state index is 13.2. The van der Waals surface area contributed by atoms with E-state index >= 15 is 0 Å². The second-order valence-electron chi connectivity index (χ2n) is 9.78. The number of methoxy groups -OCH3 is 1. The van der Waals surface area contributed by atoms with Gasteiger partial charge in [0.2, 0.25) is 0 Å². The Kier molecular flexibility index (Phi) is 10.8. The number of hydrazone groups is 1. The normalized spacial score (nSPS) is 11.1. The topological polar surface area (TPSA) is 152 Å². The van der Waals surface area contributed by atoms with E-state index in [1.807, 2.05) is 31.1 Å². The van der Waals surface area contributed by atoms with E-state index in [2.05, 4.69) is 15.8 Å². The molecule has 0 spiro atoms. The molecule has 0 saturated carbocycles. The highest BCUT2D eigenvalue weighted by molar-refractivity contribution is 6.34. The standard InChI is InChI=1S/C33H28ClN5O7/c1-38(2)24-13-8-21(9-14-24)18-28(36-31(40)26-6-4-5-7-27(26)34)32(41)37-35-20-22-10-17-29(30(19-22)45-3)46-33(42)23-11-15-25(16-12-23)39(43)44/h4-20H,1-3H3,(H,36,40)(H,37,41)/b28-18+,35-20-. The van der Waals surface area contributed by atoms with E-state index in [-0.39, 0.29) is 39.0 Å². The number of rotatable bonds is 11. The van der Waals surface area contributed by atoms with Gasteiger partial charge in [-0.2, -0.15) is 5.10 Å². The third-order valence-corrected chi connectivity index (χ3v) is 6.75. The molecule has 0 heterocycles. The summed E-state index contributed by atoms with van der Waals surface area (Å²) in [6, 6.07) is 23.3. The van der Waals surface area contributed by atoms with Crippen LogP contribution < -0.4 is 25.1 Å². The predicted molar refractivity (Wildman–Crippen MR) is 174 cm³/mol. The Bertz CT molecular complexity index is 1820. The molecule has 0 unspecified atom stereocenters. The molecule has 0 aliphatic carbocycles. The SMILES string of the molecule is COc1cc(/C=N\NC(=O)/C(=C\c2ccc(N(C)C)cc2)NC(=O)c2ccccc2Cl)ccc1OC(=O)c1ccc([N+](=O)[O-])cc1. The summed E-state index contributed by atoms with van der Waals surface area (Å²) in [5.74, 6) is -1.73. The van der Waals surface area contributed by atoms with Crippen LogP contribution in [-0.2, 0) is 4.79 Å². The molecule has 46 heavy (non-hydrogen) atoms. The minimum atomic E-state index is -0.739. The summed E-state index contributed by atoms with van der Waals surface area (Å²) in [7, 11) is 5.19. The third kappa shape index (κ3) is 8.55. The zero-order chi connectivity index (χ0) is 33.2. The molecular formula is C33H28ClN5O7. The Morgan fingerprint density at radius 3 is 2.22 bits per heavy atom. The fourth-order valence-electron chi connectivity index (χ4n) is 3.98. The highest BCUT2D eigenvalue weighted by Crippen LogP contribution is 2.28. The Morgan fingerprint density at radius 1 is 0.913 bits per heavy atom. The molecule has 4 aromatic carbocycles. The molecule has 0 aliphatic heterocycles. The molecule has 4 aromatic rings. The van der Waals surface area contributed by atoms with E-state index < -0.39 is 22.7 Å². The summed E-state index contributed by atoms with van der Waals surface area (Å²) in [6.07, 6.45) is 2.85. The van der Waals surface area contributed by atoms with Crippen molar-refractivity contribution in [1.82, 2.24) is 10.7 Å². The van der Waals surface area contributed by atoms with Gasteiger partial charge >= 0.3 is 5.97 Å². The van der Waals surface area contributed by atoms with E-state index in [4.69, 9.17) is 21.1 Å². The average Bonchev–Trinajstić information content (AvgIpc) is 3.05. The summed E-state index contributed by atoms with van der Waals surface area (Å²) >= 11 is 6.18. The summed E-state index contributed by atoms with van der Waals surface area (Å²) in [5.41, 5.74) is 4.56. The lowest BCUT2D eigenvalue weighted by atomic mass is 10.1. The summed E-state index contributed by atoms with van der Waals surface area (Å²) in [5, 5.41) is 17.7. The minimum absolute atomic E-state index is 0.0780. The molecule has 0 aliphatic rings. The average molecular weight is 642 g/mol. The highest BCUT2D eigenvalue weighted by Gasteiger charge is 2.17. The number of nitro benzene ring substituents is 1. The number of ether oxygens (including phenoxy) is 2. The number of hydrogen-bond donors (Lipinski definition) is 2. The first-order valence-corrected chi connectivity index (χ1v) is 14.0. The summed E-state index contributed by atoms with van der Waals surface area (Å²) in [4.78, 5) is 50.9. The van der Waals surface area contributed by atoms with Crippen LogP contribution in [0.3, 0.4) is 0 Å². The molecule has 2 amide bonds.